The van der Waals surface area contributed by atoms with E-state index in [1.807, 2.05) is 24.5 Å². The van der Waals surface area contributed by atoms with Crippen LogP contribution in [0.5, 0.6) is 5.75 Å². The average molecular weight is 239 g/mol. The summed E-state index contributed by atoms with van der Waals surface area (Å²) in [5.41, 5.74) is 1.20. The second-order valence-corrected chi connectivity index (χ2v) is 4.55. The number of ether oxygens (including phenoxy) is 1. The van der Waals surface area contributed by atoms with E-state index in [0.717, 1.165) is 0 Å². The number of thioether (sulfide) groups is 1. The van der Waals surface area contributed by atoms with E-state index in [1.54, 1.807) is 18.8 Å². The molecule has 0 spiro atoms. The fraction of sp³-hybridized carbons (Fsp3) is 0.417. The van der Waals surface area contributed by atoms with Crippen LogP contribution in [0.15, 0.2) is 23.1 Å². The molecule has 0 aliphatic rings. The smallest absolute Gasteiger partial charge is 0.410 e. The molecule has 0 fully saturated rings. The highest BCUT2D eigenvalue weighted by molar-refractivity contribution is 7.98. The zero-order valence-electron chi connectivity index (χ0n) is 10.0. The molecule has 16 heavy (non-hydrogen) atoms. The number of hydrogen-bond donors (Lipinski definition) is 1. The first-order valence-corrected chi connectivity index (χ1v) is 6.38. The van der Waals surface area contributed by atoms with Crippen molar-refractivity contribution >= 4 is 17.9 Å². The van der Waals surface area contributed by atoms with Crippen LogP contribution in [-0.2, 0) is 0 Å². The first kappa shape index (κ1) is 12.9. The maximum absolute atomic E-state index is 11.1. The number of amides is 1. The molecule has 0 bridgehead atoms. The SMILES string of the molecule is CNC(=O)Oc1ccc(SC)c(C(C)C)c1. The van der Waals surface area contributed by atoms with Crippen LogP contribution in [-0.4, -0.2) is 19.4 Å². The van der Waals surface area contributed by atoms with Crippen LogP contribution in [0.2, 0.25) is 0 Å². The van der Waals surface area contributed by atoms with Gasteiger partial charge >= 0.3 is 6.09 Å². The van der Waals surface area contributed by atoms with Gasteiger partial charge in [-0.2, -0.15) is 0 Å². The van der Waals surface area contributed by atoms with Gasteiger partial charge in [-0.15, -0.1) is 11.8 Å². The second-order valence-electron chi connectivity index (χ2n) is 3.70. The molecular formula is C12H17NO2S. The quantitative estimate of drug-likeness (QED) is 0.823. The fourth-order valence-electron chi connectivity index (χ4n) is 1.39. The van der Waals surface area contributed by atoms with Gasteiger partial charge in [0.05, 0.1) is 0 Å². The lowest BCUT2D eigenvalue weighted by Crippen LogP contribution is -2.22. The van der Waals surface area contributed by atoms with Gasteiger partial charge in [-0.05, 0) is 35.9 Å². The molecule has 1 rings (SSSR count). The summed E-state index contributed by atoms with van der Waals surface area (Å²) < 4.78 is 5.09. The van der Waals surface area contributed by atoms with Crippen molar-refractivity contribution in [3.63, 3.8) is 0 Å². The van der Waals surface area contributed by atoms with Crippen molar-refractivity contribution < 1.29 is 9.53 Å². The van der Waals surface area contributed by atoms with Gasteiger partial charge in [-0.25, -0.2) is 4.79 Å². The summed E-state index contributed by atoms with van der Waals surface area (Å²) in [4.78, 5) is 12.3. The summed E-state index contributed by atoms with van der Waals surface area (Å²) >= 11 is 1.70. The fourth-order valence-corrected chi connectivity index (χ4v) is 2.12. The Labute approximate surface area is 101 Å². The Morgan fingerprint density at radius 2 is 2.12 bits per heavy atom. The molecule has 0 heterocycles. The van der Waals surface area contributed by atoms with Crippen molar-refractivity contribution in [2.45, 2.75) is 24.7 Å². The summed E-state index contributed by atoms with van der Waals surface area (Å²) in [6.07, 6.45) is 1.60. The van der Waals surface area contributed by atoms with Crippen molar-refractivity contribution in [3.8, 4) is 5.75 Å². The van der Waals surface area contributed by atoms with Gasteiger partial charge in [0.15, 0.2) is 0 Å². The molecule has 0 saturated heterocycles. The third-order valence-electron chi connectivity index (χ3n) is 2.24. The van der Waals surface area contributed by atoms with Crippen LogP contribution < -0.4 is 10.1 Å². The average Bonchev–Trinajstić information content (AvgIpc) is 2.28. The topological polar surface area (TPSA) is 38.3 Å². The second kappa shape index (κ2) is 5.80. The molecule has 0 aliphatic carbocycles. The van der Waals surface area contributed by atoms with E-state index in [1.165, 1.54) is 10.5 Å². The zero-order chi connectivity index (χ0) is 12.1. The summed E-state index contributed by atoms with van der Waals surface area (Å²) in [6.45, 7) is 4.25. The van der Waals surface area contributed by atoms with E-state index in [4.69, 9.17) is 4.74 Å². The third kappa shape index (κ3) is 3.17. The molecule has 0 unspecified atom stereocenters. The van der Waals surface area contributed by atoms with Gasteiger partial charge in [0.2, 0.25) is 0 Å². The van der Waals surface area contributed by atoms with Crippen LogP contribution in [0, 0.1) is 0 Å². The lowest BCUT2D eigenvalue weighted by Gasteiger charge is -2.12. The molecule has 4 heteroatoms. The maximum Gasteiger partial charge on any atom is 0.412 e. The highest BCUT2D eigenvalue weighted by atomic mass is 32.2. The molecule has 0 saturated carbocycles. The minimum atomic E-state index is -0.438. The number of nitrogens with one attached hydrogen (secondary N) is 1. The summed E-state index contributed by atoms with van der Waals surface area (Å²) in [5.74, 6) is 0.997. The number of carbonyl (C=O) groups excluding carboxylic acids is 1. The van der Waals surface area contributed by atoms with Crippen molar-refractivity contribution in [2.75, 3.05) is 13.3 Å². The maximum atomic E-state index is 11.1. The number of hydrogen-bond acceptors (Lipinski definition) is 3. The number of rotatable bonds is 3. The van der Waals surface area contributed by atoms with Crippen molar-refractivity contribution in [1.29, 1.82) is 0 Å². The Morgan fingerprint density at radius 1 is 1.44 bits per heavy atom. The Hall–Kier alpha value is -1.16. The lowest BCUT2D eigenvalue weighted by molar-refractivity contribution is 0.203. The molecule has 0 aliphatic heterocycles. The summed E-state index contributed by atoms with van der Waals surface area (Å²) in [5, 5.41) is 2.42. The molecular weight excluding hydrogens is 222 g/mol. The molecule has 1 aromatic rings. The molecule has 0 radical (unpaired) electrons. The Bertz CT molecular complexity index is 377. The van der Waals surface area contributed by atoms with Crippen LogP contribution in [0.4, 0.5) is 4.79 Å². The first-order chi connectivity index (χ1) is 7.58. The Morgan fingerprint density at radius 3 is 2.62 bits per heavy atom. The molecule has 1 N–H and O–H groups in total. The van der Waals surface area contributed by atoms with Crippen LogP contribution in [0.25, 0.3) is 0 Å². The van der Waals surface area contributed by atoms with Gasteiger partial charge in [0.1, 0.15) is 5.75 Å². The third-order valence-corrected chi connectivity index (χ3v) is 3.05. The number of carbonyl (C=O) groups is 1. The zero-order valence-corrected chi connectivity index (χ0v) is 10.9. The minimum absolute atomic E-state index is 0.413. The predicted molar refractivity (Wildman–Crippen MR) is 67.4 cm³/mol. The van der Waals surface area contributed by atoms with Crippen LogP contribution >= 0.6 is 11.8 Å². The highest BCUT2D eigenvalue weighted by Crippen LogP contribution is 2.30. The van der Waals surface area contributed by atoms with E-state index in [-0.39, 0.29) is 0 Å². The van der Waals surface area contributed by atoms with Crippen molar-refractivity contribution in [3.05, 3.63) is 23.8 Å². The monoisotopic (exact) mass is 239 g/mol. The molecule has 1 amide bonds. The standard InChI is InChI=1S/C12H17NO2S/c1-8(2)10-7-9(15-12(14)13-3)5-6-11(10)16-4/h5-8H,1-4H3,(H,13,14). The summed E-state index contributed by atoms with van der Waals surface area (Å²) in [6, 6.07) is 5.72. The molecule has 0 aromatic heterocycles. The normalized spacial score (nSPS) is 10.3. The molecule has 88 valence electrons. The highest BCUT2D eigenvalue weighted by Gasteiger charge is 2.09. The van der Waals surface area contributed by atoms with E-state index in [9.17, 15) is 4.79 Å². The molecule has 1 aromatic carbocycles. The van der Waals surface area contributed by atoms with E-state index in [2.05, 4.69) is 19.2 Å². The Kier molecular flexibility index (Phi) is 4.68. The summed E-state index contributed by atoms with van der Waals surface area (Å²) in [7, 11) is 1.54. The Balaban J connectivity index is 2.97. The van der Waals surface area contributed by atoms with Crippen molar-refractivity contribution in [1.82, 2.24) is 5.32 Å². The predicted octanol–water partition coefficient (Wildman–Crippen LogP) is 3.25. The molecule has 0 atom stereocenters. The van der Waals surface area contributed by atoms with E-state index in [0.29, 0.717) is 11.7 Å². The first-order valence-electron chi connectivity index (χ1n) is 5.16. The number of benzene rings is 1. The van der Waals surface area contributed by atoms with Crippen molar-refractivity contribution in [2.24, 2.45) is 0 Å². The van der Waals surface area contributed by atoms with E-state index >= 15 is 0 Å². The van der Waals surface area contributed by atoms with Crippen LogP contribution in [0.3, 0.4) is 0 Å². The van der Waals surface area contributed by atoms with Gasteiger partial charge in [0, 0.05) is 11.9 Å². The minimum Gasteiger partial charge on any atom is -0.410 e. The van der Waals surface area contributed by atoms with E-state index < -0.39 is 6.09 Å². The van der Waals surface area contributed by atoms with Gasteiger partial charge < -0.3 is 10.1 Å². The lowest BCUT2D eigenvalue weighted by atomic mass is 10.0. The molecule has 3 nitrogen and oxygen atoms in total. The van der Waals surface area contributed by atoms with Gasteiger partial charge in [-0.3, -0.25) is 0 Å². The van der Waals surface area contributed by atoms with Gasteiger partial charge in [0.25, 0.3) is 0 Å². The van der Waals surface area contributed by atoms with Crippen LogP contribution in [0.1, 0.15) is 25.3 Å². The van der Waals surface area contributed by atoms with Gasteiger partial charge in [-0.1, -0.05) is 13.8 Å². The largest absolute Gasteiger partial charge is 0.412 e.